The first-order chi connectivity index (χ1) is 8.16. The quantitative estimate of drug-likeness (QED) is 0.794. The van der Waals surface area contributed by atoms with Crippen LogP contribution in [0.4, 0.5) is 5.69 Å². The molecule has 1 N–H and O–H groups in total. The van der Waals surface area contributed by atoms with Crippen molar-refractivity contribution in [2.45, 2.75) is 6.92 Å². The number of aliphatic imine (C=N–C) groups is 1. The van der Waals surface area contributed by atoms with Crippen LogP contribution in [0.5, 0.6) is 5.75 Å². The summed E-state index contributed by atoms with van der Waals surface area (Å²) in [6.45, 7) is 2.01. The molecule has 0 aliphatic carbocycles. The minimum absolute atomic E-state index is 0.124. The fraction of sp³-hybridized carbons (Fsp3) is 0.0714. The van der Waals surface area contributed by atoms with Crippen LogP contribution in [-0.4, -0.2) is 11.3 Å². The molecule has 0 atom stereocenters. The maximum Gasteiger partial charge on any atom is 0.141 e. The number of hydrogen-bond acceptors (Lipinski definition) is 2. The van der Waals surface area contributed by atoms with Crippen molar-refractivity contribution in [3.8, 4) is 5.75 Å². The zero-order valence-electron chi connectivity index (χ0n) is 9.39. The van der Waals surface area contributed by atoms with Crippen molar-refractivity contribution < 1.29 is 5.11 Å². The van der Waals surface area contributed by atoms with Gasteiger partial charge in [0.25, 0.3) is 0 Å². The Bertz CT molecular complexity index is 564. The maximum atomic E-state index is 9.61. The van der Waals surface area contributed by atoms with E-state index in [1.807, 2.05) is 31.2 Å². The number of halogens is 1. The van der Waals surface area contributed by atoms with Gasteiger partial charge < -0.3 is 5.11 Å². The summed E-state index contributed by atoms with van der Waals surface area (Å²) in [5.41, 5.74) is 2.63. The zero-order chi connectivity index (χ0) is 12.3. The number of rotatable bonds is 2. The highest BCUT2D eigenvalue weighted by molar-refractivity contribution is 6.30. The summed E-state index contributed by atoms with van der Waals surface area (Å²) in [7, 11) is 0. The van der Waals surface area contributed by atoms with Crippen LogP contribution in [0.2, 0.25) is 5.02 Å². The van der Waals surface area contributed by atoms with Crippen LogP contribution in [0.3, 0.4) is 0 Å². The third kappa shape index (κ3) is 2.86. The van der Waals surface area contributed by atoms with E-state index in [-0.39, 0.29) is 5.75 Å². The minimum Gasteiger partial charge on any atom is -0.506 e. The van der Waals surface area contributed by atoms with E-state index in [4.69, 9.17) is 11.6 Å². The summed E-state index contributed by atoms with van der Waals surface area (Å²) < 4.78 is 0. The molecule has 0 amide bonds. The summed E-state index contributed by atoms with van der Waals surface area (Å²) in [5, 5.41) is 10.2. The molecule has 0 bridgehead atoms. The van der Waals surface area contributed by atoms with Crippen molar-refractivity contribution in [3.05, 3.63) is 58.6 Å². The van der Waals surface area contributed by atoms with Crippen LogP contribution in [0.25, 0.3) is 0 Å². The van der Waals surface area contributed by atoms with Gasteiger partial charge in [-0.2, -0.15) is 0 Å². The molecule has 0 aliphatic rings. The average molecular weight is 246 g/mol. The zero-order valence-corrected chi connectivity index (χ0v) is 10.1. The monoisotopic (exact) mass is 245 g/mol. The van der Waals surface area contributed by atoms with Gasteiger partial charge in [-0.1, -0.05) is 35.9 Å². The first kappa shape index (κ1) is 11.7. The second-order valence-electron chi connectivity index (χ2n) is 3.75. The Morgan fingerprint density at radius 3 is 2.71 bits per heavy atom. The molecule has 17 heavy (non-hydrogen) atoms. The van der Waals surface area contributed by atoms with E-state index in [0.29, 0.717) is 10.7 Å². The highest BCUT2D eigenvalue weighted by Crippen LogP contribution is 2.29. The van der Waals surface area contributed by atoms with Gasteiger partial charge in [-0.3, -0.25) is 4.99 Å². The van der Waals surface area contributed by atoms with Gasteiger partial charge >= 0.3 is 0 Å². The van der Waals surface area contributed by atoms with Gasteiger partial charge in [0.1, 0.15) is 11.4 Å². The molecule has 0 radical (unpaired) electrons. The predicted octanol–water partition coefficient (Wildman–Crippen LogP) is 4.10. The molecule has 0 aliphatic heterocycles. The Hall–Kier alpha value is -1.80. The smallest absolute Gasteiger partial charge is 0.141 e. The Labute approximate surface area is 105 Å². The maximum absolute atomic E-state index is 9.61. The van der Waals surface area contributed by atoms with E-state index >= 15 is 0 Å². The molecular formula is C14H12ClNO. The first-order valence-electron chi connectivity index (χ1n) is 5.25. The highest BCUT2D eigenvalue weighted by Gasteiger charge is 1.99. The van der Waals surface area contributed by atoms with Crippen molar-refractivity contribution in [3.63, 3.8) is 0 Å². The fourth-order valence-corrected chi connectivity index (χ4v) is 1.64. The first-order valence-corrected chi connectivity index (χ1v) is 5.63. The van der Waals surface area contributed by atoms with Crippen molar-refractivity contribution in [1.29, 1.82) is 0 Å². The van der Waals surface area contributed by atoms with Crippen LogP contribution < -0.4 is 0 Å². The second kappa shape index (κ2) is 5.02. The molecule has 0 heterocycles. The molecule has 0 saturated carbocycles. The summed E-state index contributed by atoms with van der Waals surface area (Å²) in [4.78, 5) is 4.24. The number of benzene rings is 2. The lowest BCUT2D eigenvalue weighted by Crippen LogP contribution is -1.84. The summed E-state index contributed by atoms with van der Waals surface area (Å²) in [6, 6.07) is 12.7. The van der Waals surface area contributed by atoms with Crippen LogP contribution >= 0.6 is 11.6 Å². The summed E-state index contributed by atoms with van der Waals surface area (Å²) >= 11 is 5.84. The second-order valence-corrected chi connectivity index (χ2v) is 4.18. The number of phenols is 1. The predicted molar refractivity (Wildman–Crippen MR) is 71.5 cm³/mol. The molecule has 0 fully saturated rings. The average Bonchev–Trinajstić information content (AvgIpc) is 2.32. The number of phenolic OH excluding ortho intramolecular Hbond substituents is 1. The molecule has 2 rings (SSSR count). The lowest BCUT2D eigenvalue weighted by atomic mass is 10.1. The molecule has 0 saturated heterocycles. The van der Waals surface area contributed by atoms with Crippen molar-refractivity contribution in [1.82, 2.24) is 0 Å². The lowest BCUT2D eigenvalue weighted by molar-refractivity contribution is 0.477. The molecule has 0 aromatic heterocycles. The number of aryl methyl sites for hydroxylation is 1. The summed E-state index contributed by atoms with van der Waals surface area (Å²) in [5.74, 6) is 0.124. The summed E-state index contributed by atoms with van der Waals surface area (Å²) in [6.07, 6.45) is 1.72. The Morgan fingerprint density at radius 2 is 1.94 bits per heavy atom. The van der Waals surface area contributed by atoms with E-state index in [9.17, 15) is 5.11 Å². The van der Waals surface area contributed by atoms with Crippen molar-refractivity contribution >= 4 is 23.5 Å². The topological polar surface area (TPSA) is 32.6 Å². The van der Waals surface area contributed by atoms with Gasteiger partial charge in [0.2, 0.25) is 0 Å². The minimum atomic E-state index is 0.124. The van der Waals surface area contributed by atoms with Gasteiger partial charge in [-0.15, -0.1) is 0 Å². The van der Waals surface area contributed by atoms with E-state index < -0.39 is 0 Å². The van der Waals surface area contributed by atoms with E-state index in [1.54, 1.807) is 18.3 Å². The molecular weight excluding hydrogens is 234 g/mol. The van der Waals surface area contributed by atoms with Crippen LogP contribution in [0.15, 0.2) is 47.5 Å². The number of hydrogen-bond donors (Lipinski definition) is 1. The lowest BCUT2D eigenvalue weighted by Gasteiger charge is -2.00. The Morgan fingerprint density at radius 1 is 1.18 bits per heavy atom. The fourth-order valence-electron chi connectivity index (χ4n) is 1.47. The van der Waals surface area contributed by atoms with Crippen molar-refractivity contribution in [2.75, 3.05) is 0 Å². The molecule has 2 aromatic rings. The van der Waals surface area contributed by atoms with E-state index in [2.05, 4.69) is 4.99 Å². The molecule has 2 aromatic carbocycles. The largest absolute Gasteiger partial charge is 0.506 e. The molecule has 86 valence electrons. The van der Waals surface area contributed by atoms with E-state index in [1.165, 1.54) is 6.07 Å². The van der Waals surface area contributed by atoms with Crippen LogP contribution in [0, 0.1) is 6.92 Å². The van der Waals surface area contributed by atoms with Gasteiger partial charge in [0, 0.05) is 11.2 Å². The Kier molecular flexibility index (Phi) is 3.45. The highest BCUT2D eigenvalue weighted by atomic mass is 35.5. The third-order valence-electron chi connectivity index (χ3n) is 2.47. The van der Waals surface area contributed by atoms with Gasteiger partial charge in [-0.05, 0) is 36.2 Å². The van der Waals surface area contributed by atoms with Crippen molar-refractivity contribution in [2.24, 2.45) is 4.99 Å². The van der Waals surface area contributed by atoms with Gasteiger partial charge in [0.05, 0.1) is 0 Å². The standard InChI is InChI=1S/C14H12ClNO/c1-10-4-2-3-5-11(10)9-16-13-8-12(15)6-7-14(13)17/h2-9,17H,1H3. The van der Waals surface area contributed by atoms with Gasteiger partial charge in [-0.25, -0.2) is 0 Å². The number of nitrogens with zero attached hydrogens (tertiary/aromatic N) is 1. The Balaban J connectivity index is 2.32. The number of aromatic hydroxyl groups is 1. The third-order valence-corrected chi connectivity index (χ3v) is 2.70. The van der Waals surface area contributed by atoms with Gasteiger partial charge in [0.15, 0.2) is 0 Å². The van der Waals surface area contributed by atoms with E-state index in [0.717, 1.165) is 11.1 Å². The molecule has 2 nitrogen and oxygen atoms in total. The molecule has 0 unspecified atom stereocenters. The SMILES string of the molecule is Cc1ccccc1C=Nc1cc(Cl)ccc1O. The van der Waals surface area contributed by atoms with Crippen LogP contribution in [-0.2, 0) is 0 Å². The molecule has 3 heteroatoms. The molecule has 0 spiro atoms. The van der Waals surface area contributed by atoms with Crippen LogP contribution in [0.1, 0.15) is 11.1 Å². The normalized spacial score (nSPS) is 10.9.